The third kappa shape index (κ3) is 4.75. The maximum Gasteiger partial charge on any atom is 0.261 e. The monoisotopic (exact) mass is 435 g/mol. The number of rotatable bonds is 7. The molecule has 1 fully saturated rings. The summed E-state index contributed by atoms with van der Waals surface area (Å²) in [6, 6.07) is 10.4. The van der Waals surface area contributed by atoms with Crippen molar-refractivity contribution >= 4 is 5.65 Å². The molecule has 1 aliphatic heterocycles. The van der Waals surface area contributed by atoms with Crippen molar-refractivity contribution in [2.24, 2.45) is 5.92 Å². The Labute approximate surface area is 188 Å². The molecule has 3 heterocycles. The molecule has 0 aliphatic carbocycles. The van der Waals surface area contributed by atoms with Gasteiger partial charge in [0.1, 0.15) is 17.6 Å². The van der Waals surface area contributed by atoms with Gasteiger partial charge in [0.2, 0.25) is 0 Å². The van der Waals surface area contributed by atoms with E-state index in [-0.39, 0.29) is 17.5 Å². The fourth-order valence-electron chi connectivity index (χ4n) is 4.65. The van der Waals surface area contributed by atoms with E-state index < -0.39 is 0 Å². The fraction of sp³-hybridized carbons (Fsp3) is 0.385. The summed E-state index contributed by atoms with van der Waals surface area (Å²) in [4.78, 5) is 20.0. The molecule has 1 saturated heterocycles. The van der Waals surface area contributed by atoms with Crippen LogP contribution in [0.15, 0.2) is 60.2 Å². The quantitative estimate of drug-likeness (QED) is 0.509. The van der Waals surface area contributed by atoms with Crippen molar-refractivity contribution in [3.63, 3.8) is 0 Å². The largest absolute Gasteiger partial charge is 0.494 e. The van der Waals surface area contributed by atoms with E-state index in [2.05, 4.69) is 16.5 Å². The Morgan fingerprint density at radius 1 is 1.19 bits per heavy atom. The molecule has 0 N–H and O–H groups in total. The van der Waals surface area contributed by atoms with E-state index >= 15 is 0 Å². The van der Waals surface area contributed by atoms with Crippen molar-refractivity contribution in [1.29, 1.82) is 0 Å². The van der Waals surface area contributed by atoms with Gasteiger partial charge >= 0.3 is 0 Å². The molecule has 1 atom stereocenters. The normalized spacial score (nSPS) is 16.2. The number of hydrogen-bond acceptors (Lipinski definition) is 4. The lowest BCUT2D eigenvalue weighted by atomic mass is 9.87. The van der Waals surface area contributed by atoms with Gasteiger partial charge in [0.25, 0.3) is 5.56 Å². The SMILES string of the molecule is C=COC(c1ccc(F)cc1)C1CCN(CCc2c(C)nc3ccc(C)cn3c2=O)CC1. The van der Waals surface area contributed by atoms with Crippen molar-refractivity contribution in [3.8, 4) is 0 Å². The van der Waals surface area contributed by atoms with Gasteiger partial charge in [0.15, 0.2) is 0 Å². The summed E-state index contributed by atoms with van der Waals surface area (Å²) in [6.07, 6.45) is 5.85. The van der Waals surface area contributed by atoms with Gasteiger partial charge in [-0.25, -0.2) is 9.37 Å². The van der Waals surface area contributed by atoms with Crippen LogP contribution in [0.1, 0.15) is 41.3 Å². The highest BCUT2D eigenvalue weighted by Gasteiger charge is 2.28. The van der Waals surface area contributed by atoms with Crippen molar-refractivity contribution in [1.82, 2.24) is 14.3 Å². The summed E-state index contributed by atoms with van der Waals surface area (Å²) in [7, 11) is 0. The number of nitrogens with zero attached hydrogens (tertiary/aromatic N) is 3. The Kier molecular flexibility index (Phi) is 6.70. The van der Waals surface area contributed by atoms with Crippen LogP contribution < -0.4 is 5.56 Å². The molecule has 0 amide bonds. The molecule has 0 saturated carbocycles. The van der Waals surface area contributed by atoms with Crippen LogP contribution in [0.2, 0.25) is 0 Å². The Balaban J connectivity index is 1.40. The number of benzene rings is 1. The summed E-state index contributed by atoms with van der Waals surface area (Å²) < 4.78 is 20.8. The molecule has 1 aromatic carbocycles. The predicted molar refractivity (Wildman–Crippen MR) is 124 cm³/mol. The lowest BCUT2D eigenvalue weighted by Gasteiger charge is -2.35. The summed E-state index contributed by atoms with van der Waals surface area (Å²) in [5.41, 5.74) is 4.33. The minimum atomic E-state index is -0.245. The maximum atomic E-state index is 13.3. The Bertz CT molecular complexity index is 1150. The molecule has 1 unspecified atom stereocenters. The number of aromatic nitrogens is 2. The van der Waals surface area contributed by atoms with Crippen LogP contribution in [0.5, 0.6) is 0 Å². The van der Waals surface area contributed by atoms with Crippen molar-refractivity contribution in [2.75, 3.05) is 19.6 Å². The molecule has 5 nitrogen and oxygen atoms in total. The van der Waals surface area contributed by atoms with Gasteiger partial charge in [-0.3, -0.25) is 9.20 Å². The fourth-order valence-corrected chi connectivity index (χ4v) is 4.65. The zero-order valence-electron chi connectivity index (χ0n) is 18.8. The summed E-state index contributed by atoms with van der Waals surface area (Å²) in [5, 5.41) is 0. The third-order valence-electron chi connectivity index (χ3n) is 6.45. The number of piperidine rings is 1. The number of halogens is 1. The first-order chi connectivity index (χ1) is 15.5. The molecule has 168 valence electrons. The van der Waals surface area contributed by atoms with E-state index in [0.717, 1.165) is 54.9 Å². The topological polar surface area (TPSA) is 46.8 Å². The molecule has 3 aromatic rings. The van der Waals surface area contributed by atoms with Crippen LogP contribution in [0.25, 0.3) is 5.65 Å². The smallest absolute Gasteiger partial charge is 0.261 e. The van der Waals surface area contributed by atoms with E-state index in [1.54, 1.807) is 16.5 Å². The van der Waals surface area contributed by atoms with Crippen LogP contribution >= 0.6 is 0 Å². The average Bonchev–Trinajstić information content (AvgIpc) is 2.79. The van der Waals surface area contributed by atoms with Crippen LogP contribution in [0.3, 0.4) is 0 Å². The lowest BCUT2D eigenvalue weighted by molar-refractivity contribution is 0.0457. The highest BCUT2D eigenvalue weighted by atomic mass is 19.1. The number of ether oxygens (including phenoxy) is 1. The van der Waals surface area contributed by atoms with Gasteiger partial charge in [-0.2, -0.15) is 0 Å². The molecular formula is C26H30FN3O2. The molecule has 0 bridgehead atoms. The Morgan fingerprint density at radius 2 is 1.91 bits per heavy atom. The van der Waals surface area contributed by atoms with Crippen LogP contribution in [0, 0.1) is 25.6 Å². The number of likely N-dealkylation sites (tertiary alicyclic amines) is 1. The molecule has 4 rings (SSSR count). The summed E-state index contributed by atoms with van der Waals surface area (Å²) in [5.74, 6) is 0.0952. The Hall–Kier alpha value is -2.99. The minimum absolute atomic E-state index is 0.0295. The van der Waals surface area contributed by atoms with E-state index in [1.165, 1.54) is 18.4 Å². The summed E-state index contributed by atoms with van der Waals surface area (Å²) >= 11 is 0. The van der Waals surface area contributed by atoms with Gasteiger partial charge in [-0.15, -0.1) is 0 Å². The zero-order chi connectivity index (χ0) is 22.7. The van der Waals surface area contributed by atoms with Crippen LogP contribution in [-0.2, 0) is 11.2 Å². The molecule has 6 heteroatoms. The van der Waals surface area contributed by atoms with E-state index in [9.17, 15) is 9.18 Å². The Morgan fingerprint density at radius 3 is 2.59 bits per heavy atom. The molecule has 1 aliphatic rings. The molecule has 0 radical (unpaired) electrons. The van der Waals surface area contributed by atoms with Crippen molar-refractivity contribution < 1.29 is 9.13 Å². The zero-order valence-corrected chi connectivity index (χ0v) is 18.8. The van der Waals surface area contributed by atoms with E-state index in [1.807, 2.05) is 32.2 Å². The van der Waals surface area contributed by atoms with Gasteiger partial charge in [-0.1, -0.05) is 24.8 Å². The number of hydrogen-bond donors (Lipinski definition) is 0. The number of pyridine rings is 1. The molecular weight excluding hydrogens is 405 g/mol. The van der Waals surface area contributed by atoms with Crippen LogP contribution in [-0.4, -0.2) is 33.9 Å². The van der Waals surface area contributed by atoms with Gasteiger partial charge < -0.3 is 9.64 Å². The lowest BCUT2D eigenvalue weighted by Crippen LogP contribution is -2.38. The first kappa shape index (κ1) is 22.2. The number of fused-ring (bicyclic) bond motifs is 1. The second-order valence-electron chi connectivity index (χ2n) is 8.62. The standard InChI is InChI=1S/C26H30FN3O2/c1-4-32-25(20-6-8-22(27)9-7-20)21-11-14-29(15-12-21)16-13-23-19(3)28-24-10-5-18(2)17-30(24)26(23)31/h4-10,17,21,25H,1,11-16H2,2-3H3. The first-order valence-electron chi connectivity index (χ1n) is 11.2. The van der Waals surface area contributed by atoms with E-state index in [0.29, 0.717) is 18.0 Å². The van der Waals surface area contributed by atoms with E-state index in [4.69, 9.17) is 4.74 Å². The van der Waals surface area contributed by atoms with Crippen molar-refractivity contribution in [2.45, 2.75) is 39.2 Å². The second-order valence-corrected chi connectivity index (χ2v) is 8.62. The predicted octanol–water partition coefficient (Wildman–Crippen LogP) is 4.61. The van der Waals surface area contributed by atoms with Crippen LogP contribution in [0.4, 0.5) is 4.39 Å². The molecule has 2 aromatic heterocycles. The molecule has 0 spiro atoms. The van der Waals surface area contributed by atoms with Gasteiger partial charge in [0, 0.05) is 29.9 Å². The number of aryl methyl sites for hydroxylation is 2. The highest BCUT2D eigenvalue weighted by molar-refractivity contribution is 5.41. The first-order valence-corrected chi connectivity index (χ1v) is 11.2. The average molecular weight is 436 g/mol. The van der Waals surface area contributed by atoms with Gasteiger partial charge in [0.05, 0.1) is 6.26 Å². The van der Waals surface area contributed by atoms with Crippen molar-refractivity contribution in [3.05, 3.63) is 94.0 Å². The maximum absolute atomic E-state index is 13.3. The van der Waals surface area contributed by atoms with Gasteiger partial charge in [-0.05, 0) is 75.5 Å². The minimum Gasteiger partial charge on any atom is -0.494 e. The molecule has 32 heavy (non-hydrogen) atoms. The summed E-state index contributed by atoms with van der Waals surface area (Å²) in [6.45, 7) is 10.3. The highest BCUT2D eigenvalue weighted by Crippen LogP contribution is 2.34. The second kappa shape index (κ2) is 9.65. The third-order valence-corrected chi connectivity index (χ3v) is 6.45.